The van der Waals surface area contributed by atoms with Crippen molar-refractivity contribution in [1.29, 1.82) is 0 Å². The summed E-state index contributed by atoms with van der Waals surface area (Å²) < 4.78 is 6.92. The average Bonchev–Trinajstić information content (AvgIpc) is 2.99. The van der Waals surface area contributed by atoms with Crippen LogP contribution in [0, 0.1) is 6.92 Å². The molecule has 25 heavy (non-hydrogen) atoms. The summed E-state index contributed by atoms with van der Waals surface area (Å²) in [6.07, 6.45) is 2.27. The topological polar surface area (TPSA) is 105 Å². The van der Waals surface area contributed by atoms with Gasteiger partial charge in [-0.3, -0.25) is 19.3 Å². The van der Waals surface area contributed by atoms with E-state index < -0.39 is 0 Å². The summed E-state index contributed by atoms with van der Waals surface area (Å²) in [7, 11) is 1.78. The highest BCUT2D eigenvalue weighted by Crippen LogP contribution is 2.11. The Bertz CT molecular complexity index is 806. The third-order valence-corrected chi connectivity index (χ3v) is 4.10. The molecule has 1 aliphatic heterocycles. The Morgan fingerprint density at radius 3 is 2.80 bits per heavy atom. The Kier molecular flexibility index (Phi) is 5.13. The number of rotatable bonds is 5. The van der Waals surface area contributed by atoms with Gasteiger partial charge in [0.2, 0.25) is 11.9 Å². The zero-order chi connectivity index (χ0) is 17.8. The zero-order valence-electron chi connectivity index (χ0n) is 14.4. The fourth-order valence-electron chi connectivity index (χ4n) is 2.74. The number of H-pyrrole nitrogens is 1. The molecule has 0 bridgehead atoms. The zero-order valence-corrected chi connectivity index (χ0v) is 14.4. The quantitative estimate of drug-likeness (QED) is 0.802. The molecule has 0 saturated carbocycles. The molecule has 0 spiro atoms. The third-order valence-electron chi connectivity index (χ3n) is 4.10. The summed E-state index contributed by atoms with van der Waals surface area (Å²) >= 11 is 0. The second-order valence-corrected chi connectivity index (χ2v) is 5.98. The van der Waals surface area contributed by atoms with Gasteiger partial charge in [0, 0.05) is 50.1 Å². The van der Waals surface area contributed by atoms with Gasteiger partial charge in [0.25, 0.3) is 5.56 Å². The van der Waals surface area contributed by atoms with Gasteiger partial charge in [-0.25, -0.2) is 4.98 Å². The fraction of sp³-hybridized carbons (Fsp3) is 0.500. The molecule has 134 valence electrons. The van der Waals surface area contributed by atoms with Crippen LogP contribution < -0.4 is 15.8 Å². The van der Waals surface area contributed by atoms with Gasteiger partial charge in [-0.15, -0.1) is 0 Å². The van der Waals surface area contributed by atoms with Crippen LogP contribution in [0.2, 0.25) is 0 Å². The molecule has 0 atom stereocenters. The van der Waals surface area contributed by atoms with Gasteiger partial charge < -0.3 is 15.0 Å². The first kappa shape index (κ1) is 17.2. The van der Waals surface area contributed by atoms with E-state index in [0.29, 0.717) is 55.7 Å². The van der Waals surface area contributed by atoms with Gasteiger partial charge in [-0.05, 0) is 13.3 Å². The van der Waals surface area contributed by atoms with Gasteiger partial charge in [-0.1, -0.05) is 0 Å². The number of carbonyl (C=O) groups is 1. The number of ether oxygens (including phenoxy) is 1. The number of hydrogen-bond donors (Lipinski definition) is 2. The molecule has 0 radical (unpaired) electrons. The molecule has 1 saturated heterocycles. The molecule has 1 aliphatic rings. The monoisotopic (exact) mass is 346 g/mol. The van der Waals surface area contributed by atoms with Gasteiger partial charge >= 0.3 is 0 Å². The van der Waals surface area contributed by atoms with Gasteiger partial charge in [-0.2, -0.15) is 5.10 Å². The van der Waals surface area contributed by atoms with Crippen molar-refractivity contribution in [2.75, 3.05) is 36.5 Å². The molecule has 3 heterocycles. The standard InChI is InChI=1S/C16H22N6O3/c1-11-12(3-4-14(23)18-13-5-6-21(2)20-13)15(24)19-16(17-11)22-7-9-25-10-8-22/h5-6H,3-4,7-10H2,1-2H3,(H,17,19,24)(H,18,20,23). The minimum atomic E-state index is -0.195. The summed E-state index contributed by atoms with van der Waals surface area (Å²) in [5, 5.41) is 6.80. The predicted molar refractivity (Wildman–Crippen MR) is 92.8 cm³/mol. The Labute approximate surface area is 145 Å². The normalized spacial score (nSPS) is 14.6. The second-order valence-electron chi connectivity index (χ2n) is 5.98. The first-order valence-corrected chi connectivity index (χ1v) is 8.25. The smallest absolute Gasteiger partial charge is 0.255 e. The van der Waals surface area contributed by atoms with Crippen LogP contribution in [0.1, 0.15) is 17.7 Å². The number of aromatic amines is 1. The lowest BCUT2D eigenvalue weighted by molar-refractivity contribution is -0.116. The largest absolute Gasteiger partial charge is 0.378 e. The van der Waals surface area contributed by atoms with Crippen molar-refractivity contribution in [1.82, 2.24) is 19.7 Å². The molecule has 1 fully saturated rings. The molecule has 0 unspecified atom stereocenters. The Balaban J connectivity index is 1.64. The van der Waals surface area contributed by atoms with Crippen molar-refractivity contribution in [3.63, 3.8) is 0 Å². The summed E-state index contributed by atoms with van der Waals surface area (Å²) in [4.78, 5) is 33.7. The number of amides is 1. The van der Waals surface area contributed by atoms with Crippen LogP contribution >= 0.6 is 0 Å². The van der Waals surface area contributed by atoms with E-state index in [1.807, 2.05) is 4.90 Å². The van der Waals surface area contributed by atoms with Gasteiger partial charge in [0.05, 0.1) is 13.2 Å². The summed E-state index contributed by atoms with van der Waals surface area (Å²) in [5.74, 6) is 0.876. The number of anilines is 2. The van der Waals surface area contributed by atoms with Crippen LogP contribution in [0.25, 0.3) is 0 Å². The number of aromatic nitrogens is 4. The number of carbonyl (C=O) groups excluding carboxylic acids is 1. The maximum absolute atomic E-state index is 12.4. The van der Waals surface area contributed by atoms with Crippen molar-refractivity contribution < 1.29 is 9.53 Å². The van der Waals surface area contributed by atoms with Crippen LogP contribution in [0.15, 0.2) is 17.1 Å². The number of nitrogens with one attached hydrogen (secondary N) is 2. The van der Waals surface area contributed by atoms with E-state index in [9.17, 15) is 9.59 Å². The number of hydrogen-bond acceptors (Lipinski definition) is 6. The van der Waals surface area contributed by atoms with E-state index in [-0.39, 0.29) is 17.9 Å². The van der Waals surface area contributed by atoms with Crippen molar-refractivity contribution in [2.45, 2.75) is 19.8 Å². The summed E-state index contributed by atoms with van der Waals surface area (Å²) in [6.45, 7) is 4.45. The van der Waals surface area contributed by atoms with E-state index in [1.165, 1.54) is 0 Å². The predicted octanol–water partition coefficient (Wildman–Crippen LogP) is 0.220. The van der Waals surface area contributed by atoms with Crippen molar-refractivity contribution >= 4 is 17.7 Å². The number of morpholine rings is 1. The second kappa shape index (κ2) is 7.47. The fourth-order valence-corrected chi connectivity index (χ4v) is 2.74. The molecule has 9 nitrogen and oxygen atoms in total. The molecule has 0 aliphatic carbocycles. The highest BCUT2D eigenvalue weighted by molar-refractivity contribution is 5.89. The molecule has 3 rings (SSSR count). The average molecular weight is 346 g/mol. The molecule has 2 aromatic rings. The van der Waals surface area contributed by atoms with Crippen molar-refractivity contribution in [3.05, 3.63) is 33.9 Å². The van der Waals surface area contributed by atoms with Crippen LogP contribution in [-0.4, -0.2) is 52.0 Å². The molecular weight excluding hydrogens is 324 g/mol. The van der Waals surface area contributed by atoms with E-state index >= 15 is 0 Å². The molecule has 0 aromatic carbocycles. The lowest BCUT2D eigenvalue weighted by Gasteiger charge is -2.27. The molecule has 2 N–H and O–H groups in total. The van der Waals surface area contributed by atoms with E-state index in [4.69, 9.17) is 4.74 Å². The minimum absolute atomic E-state index is 0.185. The Morgan fingerprint density at radius 1 is 1.40 bits per heavy atom. The Morgan fingerprint density at radius 2 is 2.16 bits per heavy atom. The van der Waals surface area contributed by atoms with Crippen molar-refractivity contribution in [2.24, 2.45) is 7.05 Å². The first-order valence-electron chi connectivity index (χ1n) is 8.25. The molecular formula is C16H22N6O3. The Hall–Kier alpha value is -2.68. The maximum atomic E-state index is 12.4. The van der Waals surface area contributed by atoms with Crippen LogP contribution in [0.4, 0.5) is 11.8 Å². The third kappa shape index (κ3) is 4.24. The lowest BCUT2D eigenvalue weighted by atomic mass is 10.1. The highest BCUT2D eigenvalue weighted by atomic mass is 16.5. The molecule has 1 amide bonds. The number of nitrogens with zero attached hydrogens (tertiary/aromatic N) is 4. The highest BCUT2D eigenvalue weighted by Gasteiger charge is 2.17. The summed E-state index contributed by atoms with van der Waals surface area (Å²) in [6, 6.07) is 1.72. The van der Waals surface area contributed by atoms with Crippen LogP contribution in [-0.2, 0) is 23.0 Å². The number of aryl methyl sites for hydroxylation is 2. The lowest BCUT2D eigenvalue weighted by Crippen LogP contribution is -2.38. The van der Waals surface area contributed by atoms with Crippen LogP contribution in [0.3, 0.4) is 0 Å². The van der Waals surface area contributed by atoms with E-state index in [2.05, 4.69) is 20.4 Å². The molecule has 9 heteroatoms. The minimum Gasteiger partial charge on any atom is -0.378 e. The molecule has 2 aromatic heterocycles. The maximum Gasteiger partial charge on any atom is 0.255 e. The van der Waals surface area contributed by atoms with Crippen LogP contribution in [0.5, 0.6) is 0 Å². The van der Waals surface area contributed by atoms with E-state index in [0.717, 1.165) is 0 Å². The first-order chi connectivity index (χ1) is 12.0. The summed E-state index contributed by atoms with van der Waals surface area (Å²) in [5.41, 5.74) is 0.990. The SMILES string of the molecule is Cc1nc(N2CCOCC2)[nH]c(=O)c1CCC(=O)Nc1ccn(C)n1. The van der Waals surface area contributed by atoms with E-state index in [1.54, 1.807) is 30.9 Å². The van der Waals surface area contributed by atoms with Gasteiger partial charge in [0.1, 0.15) is 0 Å². The van der Waals surface area contributed by atoms with Crippen molar-refractivity contribution in [3.8, 4) is 0 Å². The van der Waals surface area contributed by atoms with Gasteiger partial charge in [0.15, 0.2) is 5.82 Å².